The highest BCUT2D eigenvalue weighted by Crippen LogP contribution is 2.33. The number of methoxy groups -OCH3 is 1. The van der Waals surface area contributed by atoms with Gasteiger partial charge >= 0.3 is 18.5 Å². The van der Waals surface area contributed by atoms with Crippen molar-refractivity contribution in [1.82, 2.24) is 30.0 Å². The molecule has 290 valence electrons. The van der Waals surface area contributed by atoms with Gasteiger partial charge in [-0.1, -0.05) is 12.1 Å². The summed E-state index contributed by atoms with van der Waals surface area (Å²) in [5.74, 6) is 0.177. The number of hydrogen-bond acceptors (Lipinski definition) is 10. The highest BCUT2D eigenvalue weighted by atomic mass is 19.4. The number of amides is 1. The van der Waals surface area contributed by atoms with Crippen molar-refractivity contribution in [1.29, 1.82) is 0 Å². The molecule has 5 rings (SSSR count). The molecule has 0 bridgehead atoms. The maximum absolute atomic E-state index is 14.3. The number of carbonyl (C=O) groups is 1. The summed E-state index contributed by atoms with van der Waals surface area (Å²) in [6.07, 6.45) is -12.2. The van der Waals surface area contributed by atoms with E-state index in [1.54, 1.807) is 34.1 Å². The predicted molar refractivity (Wildman–Crippen MR) is 170 cm³/mol. The number of benzene rings is 1. The fraction of sp³-hybridized carbons (Fsp3) is 0.531. The van der Waals surface area contributed by atoms with Crippen molar-refractivity contribution in [2.24, 2.45) is 0 Å². The van der Waals surface area contributed by atoms with Crippen LogP contribution in [0.15, 0.2) is 47.7 Å². The van der Waals surface area contributed by atoms with E-state index in [4.69, 9.17) is 9.47 Å². The van der Waals surface area contributed by atoms with Crippen molar-refractivity contribution in [3.63, 3.8) is 0 Å². The van der Waals surface area contributed by atoms with Gasteiger partial charge in [-0.25, -0.2) is 14.6 Å². The smallest absolute Gasteiger partial charge is 0.423 e. The Balaban J connectivity index is 1.23. The Morgan fingerprint density at radius 2 is 1.55 bits per heavy atom. The van der Waals surface area contributed by atoms with Gasteiger partial charge in [0, 0.05) is 51.0 Å². The molecule has 2 aliphatic rings. The van der Waals surface area contributed by atoms with Crippen LogP contribution in [0.5, 0.6) is 5.75 Å². The van der Waals surface area contributed by atoms with E-state index in [0.29, 0.717) is 54.3 Å². The summed E-state index contributed by atoms with van der Waals surface area (Å²) >= 11 is 0. The molecule has 2 aromatic heterocycles. The maximum atomic E-state index is 14.3. The van der Waals surface area contributed by atoms with Crippen molar-refractivity contribution in [2.75, 3.05) is 56.7 Å². The summed E-state index contributed by atoms with van der Waals surface area (Å²) in [6.45, 7) is -1.89. The number of hydrogen-bond donors (Lipinski definition) is 2. The van der Waals surface area contributed by atoms with Crippen LogP contribution in [-0.2, 0) is 28.4 Å². The molecule has 3 aromatic rings. The molecule has 2 saturated heterocycles. The highest BCUT2D eigenvalue weighted by Gasteiger charge is 2.41. The molecule has 2 N–H and O–H groups in total. The topological polar surface area (TPSA) is 127 Å². The Kier molecular flexibility index (Phi) is 12.0. The number of alkyl halides is 9. The second-order valence-corrected chi connectivity index (χ2v) is 12.5. The first kappa shape index (κ1) is 39.5. The third kappa shape index (κ3) is 10.3. The number of carbonyl (C=O) groups excluding carboxylic acids is 1. The number of likely N-dealkylation sites (tertiary alicyclic amines) is 1. The third-order valence-electron chi connectivity index (χ3n) is 8.74. The Morgan fingerprint density at radius 1 is 0.887 bits per heavy atom. The van der Waals surface area contributed by atoms with Crippen molar-refractivity contribution < 1.29 is 53.8 Å². The van der Waals surface area contributed by atoms with Crippen LogP contribution in [0.25, 0.3) is 0 Å². The van der Waals surface area contributed by atoms with Crippen molar-refractivity contribution in [2.45, 2.75) is 62.5 Å². The summed E-state index contributed by atoms with van der Waals surface area (Å²) < 4.78 is 132. The normalized spacial score (nSPS) is 18.1. The Hall–Kier alpha value is -4.66. The van der Waals surface area contributed by atoms with Gasteiger partial charge in [0.05, 0.1) is 50.3 Å². The Bertz CT molecular complexity index is 1740. The molecule has 2 aliphatic heterocycles. The van der Waals surface area contributed by atoms with Gasteiger partial charge in [0.1, 0.15) is 17.4 Å². The van der Waals surface area contributed by atoms with Gasteiger partial charge in [-0.05, 0) is 30.5 Å². The maximum Gasteiger partial charge on any atom is 0.423 e. The second kappa shape index (κ2) is 16.1. The first-order valence-corrected chi connectivity index (χ1v) is 16.3. The summed E-state index contributed by atoms with van der Waals surface area (Å²) in [6, 6.07) is 4.66. The molecule has 0 aliphatic carbocycles. The lowest BCUT2D eigenvalue weighted by Gasteiger charge is -2.36. The third-order valence-corrected chi connectivity index (χ3v) is 8.74. The van der Waals surface area contributed by atoms with Crippen LogP contribution in [0, 0.1) is 0 Å². The number of piperidine rings is 1. The van der Waals surface area contributed by atoms with Gasteiger partial charge in [-0.2, -0.15) is 44.6 Å². The van der Waals surface area contributed by atoms with Gasteiger partial charge in [0.2, 0.25) is 5.95 Å². The van der Waals surface area contributed by atoms with E-state index < -0.39 is 78.7 Å². The van der Waals surface area contributed by atoms with Gasteiger partial charge in [0.25, 0.3) is 11.5 Å². The fourth-order valence-corrected chi connectivity index (χ4v) is 6.08. The number of halogens is 9. The zero-order valence-electron chi connectivity index (χ0n) is 28.1. The van der Waals surface area contributed by atoms with Gasteiger partial charge in [0.15, 0.2) is 0 Å². The van der Waals surface area contributed by atoms with Crippen molar-refractivity contribution in [3.05, 3.63) is 69.9 Å². The Morgan fingerprint density at radius 3 is 2.13 bits per heavy atom. The molecular formula is C32H35F9N8O4. The lowest BCUT2D eigenvalue weighted by molar-refractivity contribution is -0.139. The largest absolute Gasteiger partial charge is 0.497 e. The molecule has 0 radical (unpaired) electrons. The molecule has 1 aromatic carbocycles. The van der Waals surface area contributed by atoms with Crippen LogP contribution < -0.4 is 25.8 Å². The molecule has 2 fully saturated rings. The zero-order valence-corrected chi connectivity index (χ0v) is 28.1. The van der Waals surface area contributed by atoms with Crippen molar-refractivity contribution in [3.8, 4) is 5.75 Å². The van der Waals surface area contributed by atoms with Crippen LogP contribution in [0.4, 0.5) is 51.1 Å². The van der Waals surface area contributed by atoms with E-state index in [-0.39, 0.29) is 31.5 Å². The SMILES string of the molecule is COc1ccc(Cn2ncc(NC(CNCC(F)(F)F)CO[C@@H]3CCN(C4CCN(c5ncc(C(F)(F)F)cn5)CC4)C3=O)c(C(F)(F)F)c2=O)cc1. The minimum Gasteiger partial charge on any atom is -0.497 e. The van der Waals surface area contributed by atoms with Gasteiger partial charge in [-0.15, -0.1) is 0 Å². The highest BCUT2D eigenvalue weighted by molar-refractivity contribution is 5.83. The first-order valence-electron chi connectivity index (χ1n) is 16.3. The molecule has 4 heterocycles. The van der Waals surface area contributed by atoms with E-state index in [1.165, 1.54) is 7.11 Å². The quantitative estimate of drug-likeness (QED) is 0.243. The lowest BCUT2D eigenvalue weighted by Crippen LogP contribution is -2.47. The number of nitrogens with one attached hydrogen (secondary N) is 2. The first-order chi connectivity index (χ1) is 24.9. The average Bonchev–Trinajstić information content (AvgIpc) is 3.46. The summed E-state index contributed by atoms with van der Waals surface area (Å²) in [5, 5.41) is 8.44. The molecule has 1 unspecified atom stereocenters. The van der Waals surface area contributed by atoms with E-state index in [9.17, 15) is 49.1 Å². The number of rotatable bonds is 13. The van der Waals surface area contributed by atoms with Crippen LogP contribution in [0.1, 0.15) is 36.0 Å². The molecule has 21 heteroatoms. The van der Waals surface area contributed by atoms with E-state index in [1.807, 2.05) is 0 Å². The number of ether oxygens (including phenoxy) is 2. The van der Waals surface area contributed by atoms with Crippen LogP contribution in [-0.4, -0.2) is 101 Å². The van der Waals surface area contributed by atoms with E-state index in [2.05, 4.69) is 25.7 Å². The summed E-state index contributed by atoms with van der Waals surface area (Å²) in [7, 11) is 1.43. The lowest BCUT2D eigenvalue weighted by atomic mass is 10.0. The zero-order chi connectivity index (χ0) is 38.6. The number of nitrogens with zero attached hydrogens (tertiary/aromatic N) is 6. The summed E-state index contributed by atoms with van der Waals surface area (Å²) in [4.78, 5) is 37.3. The molecule has 2 atom stereocenters. The van der Waals surface area contributed by atoms with E-state index >= 15 is 0 Å². The summed E-state index contributed by atoms with van der Waals surface area (Å²) in [5.41, 5.74) is -4.41. The molecule has 53 heavy (non-hydrogen) atoms. The second-order valence-electron chi connectivity index (χ2n) is 12.5. The minimum absolute atomic E-state index is 0.113. The molecule has 12 nitrogen and oxygen atoms in total. The number of aromatic nitrogens is 4. The fourth-order valence-electron chi connectivity index (χ4n) is 6.08. The van der Waals surface area contributed by atoms with Gasteiger partial charge in [-0.3, -0.25) is 9.59 Å². The minimum atomic E-state index is -5.18. The molecule has 0 saturated carbocycles. The monoisotopic (exact) mass is 766 g/mol. The van der Waals surface area contributed by atoms with Crippen LogP contribution in [0.2, 0.25) is 0 Å². The van der Waals surface area contributed by atoms with Gasteiger partial charge < -0.3 is 29.9 Å². The average molecular weight is 767 g/mol. The molecule has 1 amide bonds. The Labute approximate surface area is 296 Å². The molecular weight excluding hydrogens is 731 g/mol. The van der Waals surface area contributed by atoms with E-state index in [0.717, 1.165) is 6.20 Å². The predicted octanol–water partition coefficient (Wildman–Crippen LogP) is 4.35. The number of anilines is 2. The van der Waals surface area contributed by atoms with Crippen LogP contribution >= 0.6 is 0 Å². The van der Waals surface area contributed by atoms with Crippen molar-refractivity contribution >= 4 is 17.5 Å². The standard InChI is InChI=1S/C32H35F9N8O4/c1-52-23-4-2-19(3-5-23)16-49-28(51)26(32(39,40)41)24(15-45-49)46-21(14-42-18-30(33,34)35)17-53-25-8-11-48(27(25)50)22-6-9-47(10-7-22)29-43-12-20(13-44-29)31(36,37)38/h2-5,12-13,15,21-22,25,42,46H,6-11,14,16-18H2,1H3/t21?,25-/m1/s1. The van der Waals surface area contributed by atoms with Crippen LogP contribution in [0.3, 0.4) is 0 Å². The molecule has 0 spiro atoms.